The summed E-state index contributed by atoms with van der Waals surface area (Å²) in [7, 11) is 0. The Hall–Kier alpha value is -2.76. The molecule has 2 aromatic carbocycles. The van der Waals surface area contributed by atoms with Crippen molar-refractivity contribution in [3.63, 3.8) is 0 Å². The van der Waals surface area contributed by atoms with Crippen LogP contribution in [0.5, 0.6) is 5.75 Å². The van der Waals surface area contributed by atoms with Gasteiger partial charge in [0.15, 0.2) is 5.41 Å². The summed E-state index contributed by atoms with van der Waals surface area (Å²) >= 11 is 0. The van der Waals surface area contributed by atoms with Crippen molar-refractivity contribution in [1.82, 2.24) is 4.90 Å². The number of hydrogen-bond donors (Lipinski definition) is 1. The average Bonchev–Trinajstić information content (AvgIpc) is 2.94. The Bertz CT molecular complexity index is 1050. The van der Waals surface area contributed by atoms with E-state index in [0.29, 0.717) is 28.8 Å². The molecule has 6 heteroatoms. The van der Waals surface area contributed by atoms with Crippen LogP contribution >= 0.6 is 0 Å². The minimum absolute atomic E-state index is 0.0624. The van der Waals surface area contributed by atoms with Gasteiger partial charge >= 0.3 is 6.18 Å². The van der Waals surface area contributed by atoms with Gasteiger partial charge in [-0.05, 0) is 62.4 Å². The highest BCUT2D eigenvalue weighted by molar-refractivity contribution is 6.05. The summed E-state index contributed by atoms with van der Waals surface area (Å²) < 4.78 is 43.9. The van der Waals surface area contributed by atoms with E-state index in [2.05, 4.69) is 0 Å². The number of aromatic hydroxyl groups is 1. The normalized spacial score (nSPS) is 22.9. The summed E-state index contributed by atoms with van der Waals surface area (Å²) in [5.74, 6) is -1.06. The maximum Gasteiger partial charge on any atom is 0.410 e. The maximum atomic E-state index is 14.6. The minimum Gasteiger partial charge on any atom is -0.507 e. The number of fused-ring (bicyclic) bond motifs is 3. The molecule has 0 spiro atoms. The number of halogens is 3. The van der Waals surface area contributed by atoms with Crippen LogP contribution in [-0.2, 0) is 16.6 Å². The Labute approximate surface area is 167 Å². The molecular weight excluding hydrogens is 379 g/mol. The lowest BCUT2D eigenvalue weighted by Gasteiger charge is -2.43. The molecule has 0 aromatic heterocycles. The van der Waals surface area contributed by atoms with E-state index in [1.807, 2.05) is 12.1 Å². The van der Waals surface area contributed by atoms with Crippen LogP contribution in [0.1, 0.15) is 41.7 Å². The molecule has 0 unspecified atom stereocenters. The van der Waals surface area contributed by atoms with E-state index in [-0.39, 0.29) is 11.3 Å². The molecule has 0 radical (unpaired) electrons. The molecule has 2 aliphatic heterocycles. The predicted octanol–water partition coefficient (Wildman–Crippen LogP) is 5.03. The van der Waals surface area contributed by atoms with Gasteiger partial charge in [0.1, 0.15) is 5.75 Å². The maximum absolute atomic E-state index is 14.6. The summed E-state index contributed by atoms with van der Waals surface area (Å²) in [4.78, 5) is 14.8. The number of hydrogen-bond acceptors (Lipinski definition) is 2. The van der Waals surface area contributed by atoms with Crippen molar-refractivity contribution in [2.75, 3.05) is 0 Å². The first-order valence-corrected chi connectivity index (χ1v) is 9.43. The third-order valence-corrected chi connectivity index (χ3v) is 6.05. The van der Waals surface area contributed by atoms with Crippen molar-refractivity contribution in [1.29, 1.82) is 0 Å². The van der Waals surface area contributed by atoms with E-state index < -0.39 is 23.0 Å². The SMILES string of the molecule is Cc1cc([C@@]2(C(F)(F)F)C=C3c4ccccc4CC(C)(C)N3C2=O)cc(C)c1O. The lowest BCUT2D eigenvalue weighted by atomic mass is 9.78. The van der Waals surface area contributed by atoms with Crippen LogP contribution in [-0.4, -0.2) is 27.6 Å². The summed E-state index contributed by atoms with van der Waals surface area (Å²) in [6, 6.07) is 9.80. The lowest BCUT2D eigenvalue weighted by Crippen LogP contribution is -2.56. The van der Waals surface area contributed by atoms with Gasteiger partial charge in [-0.2, -0.15) is 13.2 Å². The number of carbonyl (C=O) groups excluding carboxylic acids is 1. The van der Waals surface area contributed by atoms with Crippen LogP contribution in [0.25, 0.3) is 5.70 Å². The molecule has 0 saturated heterocycles. The van der Waals surface area contributed by atoms with E-state index in [4.69, 9.17) is 0 Å². The Morgan fingerprint density at radius 2 is 1.66 bits per heavy atom. The number of nitrogens with zero attached hydrogens (tertiary/aromatic N) is 1. The minimum atomic E-state index is -4.84. The number of amides is 1. The summed E-state index contributed by atoms with van der Waals surface area (Å²) in [6.45, 7) is 6.65. The number of aryl methyl sites for hydroxylation is 2. The standard InChI is InChI=1S/C23H22F3NO2/c1-13-9-16(10-14(2)19(13)28)22(23(24,25)26)12-18-17-8-6-5-7-15(17)11-21(3,4)27(18)20(22)29/h5-10,12,28H,11H2,1-4H3/t22-/m0/s1. The quantitative estimate of drug-likeness (QED) is 0.728. The van der Waals surface area contributed by atoms with Gasteiger partial charge in [0, 0.05) is 16.8 Å². The largest absolute Gasteiger partial charge is 0.507 e. The molecule has 0 bridgehead atoms. The molecule has 1 atom stereocenters. The van der Waals surface area contributed by atoms with Gasteiger partial charge < -0.3 is 10.0 Å². The third kappa shape index (κ3) is 2.54. The number of alkyl halides is 3. The summed E-state index contributed by atoms with van der Waals surface area (Å²) in [5.41, 5.74) is -1.28. The van der Waals surface area contributed by atoms with Crippen molar-refractivity contribution in [3.8, 4) is 5.75 Å². The fraction of sp³-hybridized carbons (Fsp3) is 0.348. The van der Waals surface area contributed by atoms with Gasteiger partial charge in [-0.15, -0.1) is 0 Å². The molecule has 2 aliphatic rings. The number of phenolic OH excluding ortho intramolecular Hbond substituents is 1. The lowest BCUT2D eigenvalue weighted by molar-refractivity contribution is -0.187. The van der Waals surface area contributed by atoms with E-state index in [0.717, 1.165) is 11.6 Å². The van der Waals surface area contributed by atoms with Crippen molar-refractivity contribution >= 4 is 11.6 Å². The number of phenols is 1. The Kier molecular flexibility index (Phi) is 3.96. The van der Waals surface area contributed by atoms with Gasteiger partial charge in [0.25, 0.3) is 5.91 Å². The molecule has 1 N–H and O–H groups in total. The van der Waals surface area contributed by atoms with Gasteiger partial charge in [0.2, 0.25) is 0 Å². The van der Waals surface area contributed by atoms with Crippen LogP contribution in [0, 0.1) is 13.8 Å². The van der Waals surface area contributed by atoms with Crippen molar-refractivity contribution in [2.45, 2.75) is 51.2 Å². The predicted molar refractivity (Wildman–Crippen MR) is 104 cm³/mol. The molecule has 1 amide bonds. The highest BCUT2D eigenvalue weighted by Gasteiger charge is 2.67. The van der Waals surface area contributed by atoms with Gasteiger partial charge in [-0.1, -0.05) is 36.4 Å². The first kappa shape index (κ1) is 19.6. The van der Waals surface area contributed by atoms with Crippen molar-refractivity contribution in [2.24, 2.45) is 0 Å². The molecule has 29 heavy (non-hydrogen) atoms. The van der Waals surface area contributed by atoms with E-state index >= 15 is 0 Å². The number of carbonyl (C=O) groups is 1. The molecule has 0 fully saturated rings. The summed E-state index contributed by atoms with van der Waals surface area (Å²) in [5, 5.41) is 10.1. The third-order valence-electron chi connectivity index (χ3n) is 6.05. The topological polar surface area (TPSA) is 40.5 Å². The zero-order valence-electron chi connectivity index (χ0n) is 16.7. The summed E-state index contributed by atoms with van der Waals surface area (Å²) in [6.07, 6.45) is -3.30. The van der Waals surface area contributed by atoms with Crippen LogP contribution in [0.15, 0.2) is 42.5 Å². The first-order chi connectivity index (χ1) is 13.4. The molecule has 152 valence electrons. The second kappa shape index (κ2) is 5.88. The fourth-order valence-corrected chi connectivity index (χ4v) is 4.64. The molecular formula is C23H22F3NO2. The number of rotatable bonds is 1. The van der Waals surface area contributed by atoms with Crippen LogP contribution in [0.4, 0.5) is 13.2 Å². The average molecular weight is 401 g/mol. The Balaban J connectivity index is 2.06. The van der Waals surface area contributed by atoms with E-state index in [9.17, 15) is 23.1 Å². The second-order valence-corrected chi connectivity index (χ2v) is 8.58. The molecule has 3 nitrogen and oxygen atoms in total. The van der Waals surface area contributed by atoms with E-state index in [1.54, 1.807) is 26.0 Å². The Morgan fingerprint density at radius 3 is 2.24 bits per heavy atom. The van der Waals surface area contributed by atoms with E-state index in [1.165, 1.54) is 30.9 Å². The molecule has 2 aromatic rings. The van der Waals surface area contributed by atoms with Crippen LogP contribution in [0.2, 0.25) is 0 Å². The zero-order chi connectivity index (χ0) is 21.4. The monoisotopic (exact) mass is 401 g/mol. The van der Waals surface area contributed by atoms with Crippen LogP contribution < -0.4 is 0 Å². The first-order valence-electron chi connectivity index (χ1n) is 9.43. The van der Waals surface area contributed by atoms with Crippen molar-refractivity contribution < 1.29 is 23.1 Å². The van der Waals surface area contributed by atoms with Gasteiger partial charge in [0.05, 0.1) is 0 Å². The molecule has 0 aliphatic carbocycles. The highest BCUT2D eigenvalue weighted by Crippen LogP contribution is 2.55. The fourth-order valence-electron chi connectivity index (χ4n) is 4.64. The smallest absolute Gasteiger partial charge is 0.410 e. The molecule has 0 saturated carbocycles. The highest BCUT2D eigenvalue weighted by atomic mass is 19.4. The molecule has 4 rings (SSSR count). The van der Waals surface area contributed by atoms with Crippen molar-refractivity contribution in [3.05, 3.63) is 70.3 Å². The van der Waals surface area contributed by atoms with Gasteiger partial charge in [-0.3, -0.25) is 4.79 Å². The number of benzene rings is 2. The van der Waals surface area contributed by atoms with Gasteiger partial charge in [-0.25, -0.2) is 0 Å². The van der Waals surface area contributed by atoms with Crippen LogP contribution in [0.3, 0.4) is 0 Å². The second-order valence-electron chi connectivity index (χ2n) is 8.58. The zero-order valence-corrected chi connectivity index (χ0v) is 16.7. The molecule has 2 heterocycles. The Morgan fingerprint density at radius 1 is 1.07 bits per heavy atom.